The highest BCUT2D eigenvalue weighted by Crippen LogP contribution is 2.29. The largest absolute Gasteiger partial charge is 0.493 e. The van der Waals surface area contributed by atoms with Crippen molar-refractivity contribution in [2.45, 2.75) is 31.3 Å². The zero-order chi connectivity index (χ0) is 16.9. The quantitative estimate of drug-likeness (QED) is 0.861. The lowest BCUT2D eigenvalue weighted by Gasteiger charge is -2.27. The number of amides is 2. The molecule has 3 rings (SSSR count). The molecule has 2 heterocycles. The molecule has 0 aromatic heterocycles. The van der Waals surface area contributed by atoms with Crippen LogP contribution in [0.3, 0.4) is 0 Å². The summed E-state index contributed by atoms with van der Waals surface area (Å²) in [5.41, 5.74) is 2.46. The van der Waals surface area contributed by atoms with Crippen LogP contribution < -0.4 is 15.4 Å². The van der Waals surface area contributed by atoms with Crippen LogP contribution in [-0.4, -0.2) is 57.4 Å². The second-order valence-electron chi connectivity index (χ2n) is 6.69. The van der Waals surface area contributed by atoms with Crippen molar-refractivity contribution in [3.8, 4) is 5.75 Å². The maximum Gasteiger partial charge on any atom is 0.315 e. The number of carbonyl (C=O) groups is 1. The molecule has 132 valence electrons. The van der Waals surface area contributed by atoms with Gasteiger partial charge in [0.15, 0.2) is 0 Å². The van der Waals surface area contributed by atoms with Gasteiger partial charge >= 0.3 is 6.03 Å². The number of urea groups is 1. The van der Waals surface area contributed by atoms with Crippen molar-refractivity contribution >= 4 is 6.03 Å². The minimum atomic E-state index is -0.0988. The lowest BCUT2D eigenvalue weighted by molar-refractivity contribution is 0.0800. The van der Waals surface area contributed by atoms with Crippen LogP contribution >= 0.6 is 0 Å². The monoisotopic (exact) mass is 333 g/mol. The number of carbonyl (C=O) groups excluding carboxylic acids is 1. The Kier molecular flexibility index (Phi) is 5.58. The van der Waals surface area contributed by atoms with E-state index in [-0.39, 0.29) is 18.1 Å². The van der Waals surface area contributed by atoms with E-state index in [0.717, 1.165) is 44.8 Å². The number of benzene rings is 1. The highest BCUT2D eigenvalue weighted by atomic mass is 16.5. The summed E-state index contributed by atoms with van der Waals surface area (Å²) in [5, 5.41) is 6.05. The summed E-state index contributed by atoms with van der Waals surface area (Å²) in [4.78, 5) is 14.3. The van der Waals surface area contributed by atoms with E-state index in [2.05, 4.69) is 27.7 Å². The third-order valence-electron chi connectivity index (χ3n) is 4.73. The lowest BCUT2D eigenvalue weighted by Crippen LogP contribution is -2.46. The first-order chi connectivity index (χ1) is 11.6. The van der Waals surface area contributed by atoms with Gasteiger partial charge in [-0.15, -0.1) is 0 Å². The number of rotatable bonds is 5. The van der Waals surface area contributed by atoms with E-state index in [9.17, 15) is 4.79 Å². The Morgan fingerprint density at radius 1 is 1.29 bits per heavy atom. The number of ether oxygens (including phenoxy) is 2. The van der Waals surface area contributed by atoms with Crippen molar-refractivity contribution in [1.29, 1.82) is 0 Å². The summed E-state index contributed by atoms with van der Waals surface area (Å²) >= 11 is 0. The molecule has 1 atom stereocenters. The van der Waals surface area contributed by atoms with Gasteiger partial charge in [-0.25, -0.2) is 4.79 Å². The van der Waals surface area contributed by atoms with Crippen molar-refractivity contribution in [1.82, 2.24) is 15.5 Å². The summed E-state index contributed by atoms with van der Waals surface area (Å²) in [6, 6.07) is 6.58. The van der Waals surface area contributed by atoms with Gasteiger partial charge in [-0.2, -0.15) is 0 Å². The molecule has 0 radical (unpaired) electrons. The van der Waals surface area contributed by atoms with Gasteiger partial charge in [0.2, 0.25) is 0 Å². The zero-order valence-electron chi connectivity index (χ0n) is 14.5. The third kappa shape index (κ3) is 4.19. The van der Waals surface area contributed by atoms with Gasteiger partial charge in [-0.1, -0.05) is 12.1 Å². The lowest BCUT2D eigenvalue weighted by atomic mass is 10.0. The number of nitrogens with zero attached hydrogens (tertiary/aromatic N) is 1. The molecule has 2 aliphatic rings. The fourth-order valence-corrected chi connectivity index (χ4v) is 3.28. The van der Waals surface area contributed by atoms with E-state index in [0.29, 0.717) is 6.54 Å². The summed E-state index contributed by atoms with van der Waals surface area (Å²) < 4.78 is 10.9. The van der Waals surface area contributed by atoms with Crippen LogP contribution in [0.25, 0.3) is 0 Å². The molecule has 6 nitrogen and oxygen atoms in total. The topological polar surface area (TPSA) is 62.8 Å². The van der Waals surface area contributed by atoms with E-state index >= 15 is 0 Å². The van der Waals surface area contributed by atoms with Gasteiger partial charge in [-0.3, -0.25) is 0 Å². The van der Waals surface area contributed by atoms with E-state index in [1.54, 1.807) is 0 Å². The Morgan fingerprint density at radius 3 is 2.83 bits per heavy atom. The van der Waals surface area contributed by atoms with Crippen LogP contribution in [-0.2, 0) is 11.2 Å². The number of likely N-dealkylation sites (N-methyl/N-ethyl adjacent to an activating group) is 1. The fraction of sp³-hybridized carbons (Fsp3) is 0.611. The molecule has 0 bridgehead atoms. The maximum absolute atomic E-state index is 12.2. The summed E-state index contributed by atoms with van der Waals surface area (Å²) in [6.07, 6.45) is 2.73. The fourth-order valence-electron chi connectivity index (χ4n) is 3.28. The van der Waals surface area contributed by atoms with Gasteiger partial charge in [-0.05, 0) is 44.1 Å². The van der Waals surface area contributed by atoms with Crippen molar-refractivity contribution in [2.75, 3.05) is 40.5 Å². The van der Waals surface area contributed by atoms with Crippen LogP contribution in [0.4, 0.5) is 4.79 Å². The van der Waals surface area contributed by atoms with Crippen molar-refractivity contribution in [2.24, 2.45) is 0 Å². The predicted octanol–water partition coefficient (Wildman–Crippen LogP) is 1.70. The number of nitrogens with one attached hydrogen (secondary N) is 2. The van der Waals surface area contributed by atoms with E-state index < -0.39 is 0 Å². The molecule has 6 heteroatoms. The van der Waals surface area contributed by atoms with Gasteiger partial charge in [0, 0.05) is 32.2 Å². The molecular weight excluding hydrogens is 306 g/mol. The second kappa shape index (κ2) is 7.85. The molecule has 2 N–H and O–H groups in total. The summed E-state index contributed by atoms with van der Waals surface area (Å²) in [6.45, 7) is 2.78. The Balaban J connectivity index is 1.57. The molecule has 2 aliphatic heterocycles. The van der Waals surface area contributed by atoms with Gasteiger partial charge in [0.25, 0.3) is 0 Å². The van der Waals surface area contributed by atoms with E-state index in [1.165, 1.54) is 11.1 Å². The molecule has 24 heavy (non-hydrogen) atoms. The zero-order valence-corrected chi connectivity index (χ0v) is 14.5. The summed E-state index contributed by atoms with van der Waals surface area (Å²) in [5.74, 6) is 0.987. The SMILES string of the molecule is CN(C)[C@@H](CNC(=O)NC1CCOCC1)c1ccc2c(c1)CCO2. The first-order valence-corrected chi connectivity index (χ1v) is 8.67. The Morgan fingerprint density at radius 2 is 2.08 bits per heavy atom. The Hall–Kier alpha value is -1.79. The van der Waals surface area contributed by atoms with Crippen molar-refractivity contribution < 1.29 is 14.3 Å². The number of fused-ring (bicyclic) bond motifs is 1. The molecule has 0 unspecified atom stereocenters. The minimum absolute atomic E-state index is 0.0988. The predicted molar refractivity (Wildman–Crippen MR) is 92.4 cm³/mol. The molecule has 2 amide bonds. The first kappa shape index (κ1) is 17.0. The molecule has 1 saturated heterocycles. The number of hydrogen-bond acceptors (Lipinski definition) is 4. The molecule has 0 saturated carbocycles. The first-order valence-electron chi connectivity index (χ1n) is 8.67. The molecule has 1 fully saturated rings. The molecular formula is C18H27N3O3. The van der Waals surface area contributed by atoms with E-state index in [4.69, 9.17) is 9.47 Å². The van der Waals surface area contributed by atoms with Gasteiger partial charge in [0.05, 0.1) is 12.6 Å². The average Bonchev–Trinajstić information content (AvgIpc) is 3.03. The highest BCUT2D eigenvalue weighted by Gasteiger charge is 2.20. The Labute approximate surface area is 143 Å². The minimum Gasteiger partial charge on any atom is -0.493 e. The molecule has 1 aromatic carbocycles. The van der Waals surface area contributed by atoms with Crippen molar-refractivity contribution in [3.05, 3.63) is 29.3 Å². The van der Waals surface area contributed by atoms with Gasteiger partial charge in [0.1, 0.15) is 5.75 Å². The third-order valence-corrected chi connectivity index (χ3v) is 4.73. The molecule has 0 aliphatic carbocycles. The number of hydrogen-bond donors (Lipinski definition) is 2. The van der Waals surface area contributed by atoms with Crippen LogP contribution in [0, 0.1) is 0 Å². The standard InChI is InChI=1S/C18H27N3O3/c1-21(2)16(13-3-4-17-14(11-13)5-10-24-17)12-19-18(22)20-15-6-8-23-9-7-15/h3-4,11,15-16H,5-10,12H2,1-2H3,(H2,19,20,22)/t16-/m0/s1. The molecule has 0 spiro atoms. The normalized spacial score (nSPS) is 18.8. The van der Waals surface area contributed by atoms with Crippen LogP contribution in [0.15, 0.2) is 18.2 Å². The Bertz CT molecular complexity index is 571. The van der Waals surface area contributed by atoms with Crippen LogP contribution in [0.2, 0.25) is 0 Å². The summed E-state index contributed by atoms with van der Waals surface area (Å²) in [7, 11) is 4.07. The smallest absolute Gasteiger partial charge is 0.315 e. The maximum atomic E-state index is 12.2. The van der Waals surface area contributed by atoms with Crippen molar-refractivity contribution in [3.63, 3.8) is 0 Å². The molecule has 1 aromatic rings. The van der Waals surface area contributed by atoms with Gasteiger partial charge < -0.3 is 25.0 Å². The highest BCUT2D eigenvalue weighted by molar-refractivity contribution is 5.74. The van der Waals surface area contributed by atoms with Crippen LogP contribution in [0.5, 0.6) is 5.75 Å². The second-order valence-corrected chi connectivity index (χ2v) is 6.69. The average molecular weight is 333 g/mol. The van der Waals surface area contributed by atoms with E-state index in [1.807, 2.05) is 20.2 Å². The van der Waals surface area contributed by atoms with Crippen LogP contribution in [0.1, 0.15) is 30.0 Å².